The van der Waals surface area contributed by atoms with Crippen LogP contribution in [0.5, 0.6) is 0 Å². The van der Waals surface area contributed by atoms with E-state index in [-0.39, 0.29) is 27.1 Å². The zero-order valence-corrected chi connectivity index (χ0v) is 15.9. The van der Waals surface area contributed by atoms with E-state index in [1.54, 1.807) is 0 Å². The number of carbonyl (C=O) groups excluding carboxylic acids is 2. The molecule has 1 N–H and O–H groups in total. The molecule has 1 aromatic carbocycles. The summed E-state index contributed by atoms with van der Waals surface area (Å²) in [5.74, 6) is -1.21. The minimum Gasteiger partial charge on any atom is -0.299 e. The molecule has 154 valence electrons. The van der Waals surface area contributed by atoms with Gasteiger partial charge in [0.2, 0.25) is 0 Å². The molecule has 1 amide bonds. The summed E-state index contributed by atoms with van der Waals surface area (Å²) in [7, 11) is 0. The van der Waals surface area contributed by atoms with Crippen molar-refractivity contribution in [3.63, 3.8) is 0 Å². The summed E-state index contributed by atoms with van der Waals surface area (Å²) < 4.78 is 39.9. The zero-order valence-electron chi connectivity index (χ0n) is 15.1. The van der Waals surface area contributed by atoms with Crippen molar-refractivity contribution in [1.29, 1.82) is 0 Å². The van der Waals surface area contributed by atoms with Gasteiger partial charge in [0, 0.05) is 5.02 Å². The molecule has 0 spiro atoms. The number of Topliss-reactive ketones (excluding diaryl/α,β-unsaturated/α-hetero) is 1. The number of benzene rings is 2. The largest absolute Gasteiger partial charge is 0.418 e. The van der Waals surface area contributed by atoms with E-state index in [1.165, 1.54) is 25.1 Å². The summed E-state index contributed by atoms with van der Waals surface area (Å²) in [5, 5.41) is 3.49. The van der Waals surface area contributed by atoms with Crippen LogP contribution in [0.4, 0.5) is 18.9 Å². The maximum Gasteiger partial charge on any atom is 0.418 e. The Kier molecular flexibility index (Phi) is 5.74. The average molecular weight is 438 g/mol. The number of alkyl halides is 3. The Morgan fingerprint density at radius 3 is 2.57 bits per heavy atom. The highest BCUT2D eigenvalue weighted by Crippen LogP contribution is 2.36. The molecule has 0 unspecified atom stereocenters. The number of halogens is 4. The Hall–Kier alpha value is -3.47. The molecule has 0 aromatic heterocycles. The second-order valence-electron chi connectivity index (χ2n) is 6.10. The number of imidazole rings is 1. The monoisotopic (exact) mass is 437 g/mol. The van der Waals surface area contributed by atoms with Crippen molar-refractivity contribution in [1.82, 2.24) is 9.97 Å². The highest BCUT2D eigenvalue weighted by Gasteiger charge is 2.33. The molecule has 0 saturated carbocycles. The average Bonchev–Trinajstić information content (AvgIpc) is 3.00. The van der Waals surface area contributed by atoms with E-state index < -0.39 is 41.2 Å². The van der Waals surface area contributed by atoms with Gasteiger partial charge in [-0.3, -0.25) is 15.0 Å². The molecule has 0 saturated heterocycles. The molecule has 0 radical (unpaired) electrons. The number of amides is 1. The Balaban J connectivity index is 2.18. The summed E-state index contributed by atoms with van der Waals surface area (Å²) in [6.45, 7) is 1.20. The van der Waals surface area contributed by atoms with Gasteiger partial charge in [-0.2, -0.15) is 28.2 Å². The number of aromatic nitrogens is 2. The summed E-state index contributed by atoms with van der Waals surface area (Å²) in [6, 6.07) is 5.67. The minimum atomic E-state index is -4.72. The van der Waals surface area contributed by atoms with Crippen LogP contribution in [0.2, 0.25) is 5.02 Å². The Bertz CT molecular complexity index is 1280. The van der Waals surface area contributed by atoms with Gasteiger partial charge in [-0.25, -0.2) is 9.79 Å². The van der Waals surface area contributed by atoms with E-state index in [0.717, 1.165) is 12.1 Å². The van der Waals surface area contributed by atoms with Gasteiger partial charge in [-0.1, -0.05) is 11.6 Å². The number of nitrogens with zero attached hydrogens (tertiary/aromatic N) is 4. The maximum atomic E-state index is 13.3. The van der Waals surface area contributed by atoms with E-state index in [1.807, 2.05) is 0 Å². The number of ketones is 1. The van der Waals surface area contributed by atoms with Gasteiger partial charge in [0.15, 0.2) is 0 Å². The molecule has 3 rings (SSSR count). The number of anilines is 1. The van der Waals surface area contributed by atoms with E-state index in [2.05, 4.69) is 25.5 Å². The van der Waals surface area contributed by atoms with Crippen molar-refractivity contribution in [2.75, 3.05) is 5.43 Å². The summed E-state index contributed by atoms with van der Waals surface area (Å²) in [6.07, 6.45) is -5.19. The van der Waals surface area contributed by atoms with Gasteiger partial charge in [0.25, 0.3) is 5.91 Å². The molecular weight excluding hydrogens is 427 g/mol. The van der Waals surface area contributed by atoms with Crippen LogP contribution >= 0.6 is 11.6 Å². The third-order valence-corrected chi connectivity index (χ3v) is 3.99. The van der Waals surface area contributed by atoms with Crippen molar-refractivity contribution in [2.24, 2.45) is 10.1 Å². The topological polar surface area (TPSA) is 114 Å². The molecule has 30 heavy (non-hydrogen) atoms. The number of carbonyl (C=O) groups is 2. The van der Waals surface area contributed by atoms with Crippen molar-refractivity contribution in [3.8, 4) is 11.4 Å². The summed E-state index contributed by atoms with van der Waals surface area (Å²) in [4.78, 5) is 45.6. The number of nitrogens with one attached hydrogen (secondary N) is 1. The van der Waals surface area contributed by atoms with Crippen LogP contribution in [0.15, 0.2) is 45.2 Å². The molecule has 2 aliphatic rings. The lowest BCUT2D eigenvalue weighted by molar-refractivity contribution is -0.137. The molecule has 1 aliphatic heterocycles. The van der Waals surface area contributed by atoms with Crippen molar-refractivity contribution in [2.45, 2.75) is 19.5 Å². The van der Waals surface area contributed by atoms with Crippen LogP contribution in [0.25, 0.3) is 11.4 Å². The quantitative estimate of drug-likeness (QED) is 0.492. The predicted octanol–water partition coefficient (Wildman–Crippen LogP) is 1.82. The first-order valence-electron chi connectivity index (χ1n) is 8.26. The van der Waals surface area contributed by atoms with Gasteiger partial charge in [0.1, 0.15) is 16.8 Å². The van der Waals surface area contributed by atoms with Gasteiger partial charge < -0.3 is 0 Å². The molecular formula is C18H11ClF3N5O3. The summed E-state index contributed by atoms with van der Waals surface area (Å²) >= 11 is 5.65. The van der Waals surface area contributed by atoms with Crippen molar-refractivity contribution >= 4 is 29.0 Å². The molecule has 1 aromatic rings. The SMILES string of the molecule is CC(=O)CC(=O)N=c1ccc2nc(=O)nc-2c1=NNc1ccc(Cl)cc1C(F)(F)F. The van der Waals surface area contributed by atoms with E-state index in [4.69, 9.17) is 11.6 Å². The van der Waals surface area contributed by atoms with Gasteiger partial charge in [0.05, 0.1) is 28.7 Å². The first-order chi connectivity index (χ1) is 14.0. The standard InChI is InChI=1S/C18H11ClF3N5O3/c1-8(28)6-14(29)23-13-5-4-12-15(25-17(30)24-12)16(13)27-26-11-3-2-9(19)7-10(11)18(20,21)22/h2-5,7,26H,6H2,1H3. The van der Waals surface area contributed by atoms with Crippen LogP contribution in [0.3, 0.4) is 0 Å². The molecule has 8 nitrogen and oxygen atoms in total. The normalized spacial score (nSPS) is 13.1. The lowest BCUT2D eigenvalue weighted by atomic mass is 10.2. The maximum absolute atomic E-state index is 13.3. The fourth-order valence-corrected chi connectivity index (χ4v) is 2.71. The predicted molar refractivity (Wildman–Crippen MR) is 98.8 cm³/mol. The van der Waals surface area contributed by atoms with E-state index in [0.29, 0.717) is 0 Å². The lowest BCUT2D eigenvalue weighted by Gasteiger charge is -2.12. The van der Waals surface area contributed by atoms with Crippen LogP contribution in [-0.4, -0.2) is 21.7 Å². The van der Waals surface area contributed by atoms with Crippen LogP contribution in [-0.2, 0) is 15.8 Å². The molecule has 1 heterocycles. The first-order valence-corrected chi connectivity index (χ1v) is 8.64. The second-order valence-corrected chi connectivity index (χ2v) is 6.54. The van der Waals surface area contributed by atoms with E-state index in [9.17, 15) is 27.6 Å². The van der Waals surface area contributed by atoms with Crippen molar-refractivity contribution < 1.29 is 22.8 Å². The smallest absolute Gasteiger partial charge is 0.299 e. The third kappa shape index (κ3) is 4.74. The lowest BCUT2D eigenvalue weighted by Crippen LogP contribution is -2.31. The van der Waals surface area contributed by atoms with Gasteiger partial charge in [-0.05, 0) is 37.3 Å². The molecule has 0 bridgehead atoms. The second kappa shape index (κ2) is 8.11. The molecule has 12 heteroatoms. The molecule has 0 atom stereocenters. The fourth-order valence-electron chi connectivity index (χ4n) is 2.53. The van der Waals surface area contributed by atoms with E-state index >= 15 is 0 Å². The van der Waals surface area contributed by atoms with Gasteiger partial charge >= 0.3 is 11.9 Å². The highest BCUT2D eigenvalue weighted by molar-refractivity contribution is 6.30. The number of rotatable bonds is 4. The summed E-state index contributed by atoms with van der Waals surface area (Å²) in [5.41, 5.74) is -0.0244. The third-order valence-electron chi connectivity index (χ3n) is 3.75. The number of fused-ring (bicyclic) bond motifs is 1. The fraction of sp³-hybridized carbons (Fsp3) is 0.167. The van der Waals surface area contributed by atoms with Gasteiger partial charge in [-0.15, -0.1) is 0 Å². The highest BCUT2D eigenvalue weighted by atomic mass is 35.5. The Morgan fingerprint density at radius 2 is 1.90 bits per heavy atom. The van der Waals surface area contributed by atoms with Crippen LogP contribution in [0.1, 0.15) is 18.9 Å². The molecule has 1 aliphatic carbocycles. The number of hydrogen-bond acceptors (Lipinski definition) is 7. The Morgan fingerprint density at radius 1 is 1.17 bits per heavy atom. The molecule has 0 fully saturated rings. The van der Waals surface area contributed by atoms with Crippen LogP contribution < -0.4 is 21.8 Å². The van der Waals surface area contributed by atoms with Crippen molar-refractivity contribution in [3.05, 3.63) is 62.1 Å². The Labute approximate surface area is 170 Å². The minimum absolute atomic E-state index is 0.0631. The zero-order chi connectivity index (χ0) is 22.1. The first kappa shape index (κ1) is 21.2. The number of hydrogen-bond donors (Lipinski definition) is 1. The van der Waals surface area contributed by atoms with Crippen LogP contribution in [0, 0.1) is 0 Å².